The van der Waals surface area contributed by atoms with Crippen LogP contribution in [0, 0.1) is 29.9 Å². The third-order valence-corrected chi connectivity index (χ3v) is 8.85. The largest absolute Gasteiger partial charge is 0.368 e. The number of thioether (sulfide) groups is 1. The van der Waals surface area contributed by atoms with Crippen LogP contribution in [-0.4, -0.2) is 45.9 Å². The summed E-state index contributed by atoms with van der Waals surface area (Å²) in [6, 6.07) is 14.4. The molecule has 5 rings (SSSR count). The molecule has 42 heavy (non-hydrogen) atoms. The van der Waals surface area contributed by atoms with Gasteiger partial charge in [0.25, 0.3) is 11.5 Å². The number of amides is 1. The molecule has 3 heterocycles. The minimum absolute atomic E-state index is 0.0465. The highest BCUT2D eigenvalue weighted by Gasteiger charge is 2.34. The van der Waals surface area contributed by atoms with Gasteiger partial charge < -0.3 is 9.80 Å². The van der Waals surface area contributed by atoms with E-state index < -0.39 is 0 Å². The summed E-state index contributed by atoms with van der Waals surface area (Å²) in [7, 11) is 0. The Labute approximate surface area is 252 Å². The molecule has 0 saturated carbocycles. The SMILES string of the molecule is CCCn1c(N2CCN(c3ccc(F)cc3)CC2)c(C=C2SC(=S)N(Cc3ccc(F)cc3)C2=O)c(C)c(C#N)c1=O. The first-order chi connectivity index (χ1) is 20.2. The molecule has 0 spiro atoms. The van der Waals surface area contributed by atoms with Gasteiger partial charge in [0, 0.05) is 44.0 Å². The standard InChI is InChI=1S/C31H29F2N5O2S2/c1-3-12-37-28(36-15-13-35(14-16-36)24-10-8-23(33)9-11-24)25(20(2)26(18-34)29(37)39)17-27-30(40)38(31(41)42-27)19-21-4-6-22(32)7-5-21/h4-11,17H,3,12-16,19H2,1-2H3. The molecule has 0 radical (unpaired) electrons. The number of halogens is 2. The zero-order valence-electron chi connectivity index (χ0n) is 23.3. The lowest BCUT2D eigenvalue weighted by molar-refractivity contribution is -0.122. The lowest BCUT2D eigenvalue weighted by Crippen LogP contribution is -2.48. The van der Waals surface area contributed by atoms with Gasteiger partial charge in [0.2, 0.25) is 0 Å². The fourth-order valence-electron chi connectivity index (χ4n) is 5.28. The Bertz CT molecular complexity index is 1650. The van der Waals surface area contributed by atoms with E-state index in [9.17, 15) is 23.6 Å². The average Bonchev–Trinajstić information content (AvgIpc) is 3.25. The zero-order valence-corrected chi connectivity index (χ0v) is 24.9. The van der Waals surface area contributed by atoms with E-state index in [1.54, 1.807) is 41.8 Å². The highest BCUT2D eigenvalue weighted by molar-refractivity contribution is 8.26. The number of nitrogens with zero attached hydrogens (tertiary/aromatic N) is 5. The fraction of sp³-hybridized carbons (Fsp3) is 0.290. The summed E-state index contributed by atoms with van der Waals surface area (Å²) in [6.45, 7) is 6.77. The van der Waals surface area contributed by atoms with Gasteiger partial charge in [-0.2, -0.15) is 5.26 Å². The first-order valence-electron chi connectivity index (χ1n) is 13.6. The number of rotatable bonds is 7. The van der Waals surface area contributed by atoms with Crippen molar-refractivity contribution >= 4 is 51.8 Å². The van der Waals surface area contributed by atoms with Crippen LogP contribution in [0.3, 0.4) is 0 Å². The van der Waals surface area contributed by atoms with Gasteiger partial charge in [0.1, 0.15) is 33.4 Å². The molecule has 0 bridgehead atoms. The minimum Gasteiger partial charge on any atom is -0.368 e. The summed E-state index contributed by atoms with van der Waals surface area (Å²) in [6.07, 6.45) is 2.42. The molecule has 2 aliphatic heterocycles. The highest BCUT2D eigenvalue weighted by atomic mass is 32.2. The van der Waals surface area contributed by atoms with Crippen LogP contribution in [0.4, 0.5) is 20.3 Å². The second-order valence-electron chi connectivity index (χ2n) is 10.2. The van der Waals surface area contributed by atoms with Gasteiger partial charge in [0.15, 0.2) is 0 Å². The molecule has 0 unspecified atom stereocenters. The summed E-state index contributed by atoms with van der Waals surface area (Å²) in [4.78, 5) is 33.2. The lowest BCUT2D eigenvalue weighted by Gasteiger charge is -2.39. The maximum atomic E-state index is 13.5. The summed E-state index contributed by atoms with van der Waals surface area (Å²) < 4.78 is 28.9. The molecule has 2 aliphatic rings. The lowest BCUT2D eigenvalue weighted by atomic mass is 10.0. The van der Waals surface area contributed by atoms with Gasteiger partial charge in [-0.25, -0.2) is 8.78 Å². The zero-order chi connectivity index (χ0) is 30.0. The van der Waals surface area contributed by atoms with Crippen molar-refractivity contribution in [1.82, 2.24) is 9.47 Å². The Morgan fingerprint density at radius 2 is 1.57 bits per heavy atom. The van der Waals surface area contributed by atoms with Gasteiger partial charge >= 0.3 is 0 Å². The van der Waals surface area contributed by atoms with Gasteiger partial charge in [-0.15, -0.1) is 0 Å². The normalized spacial score (nSPS) is 16.5. The molecule has 0 atom stereocenters. The predicted octanol–water partition coefficient (Wildman–Crippen LogP) is 5.44. The molecule has 0 N–H and O–H groups in total. The molecule has 0 aliphatic carbocycles. The second-order valence-corrected chi connectivity index (χ2v) is 11.8. The van der Waals surface area contributed by atoms with Gasteiger partial charge in [-0.05, 0) is 66.9 Å². The van der Waals surface area contributed by atoms with Crippen molar-refractivity contribution in [2.24, 2.45) is 0 Å². The number of piperazine rings is 1. The molecule has 2 fully saturated rings. The Morgan fingerprint density at radius 1 is 0.976 bits per heavy atom. The maximum absolute atomic E-state index is 13.5. The van der Waals surface area contributed by atoms with E-state index in [4.69, 9.17) is 12.2 Å². The van der Waals surface area contributed by atoms with Crippen molar-refractivity contribution in [3.63, 3.8) is 0 Å². The van der Waals surface area contributed by atoms with E-state index in [1.165, 1.54) is 40.9 Å². The first kappa shape index (κ1) is 29.5. The number of benzene rings is 2. The third-order valence-electron chi connectivity index (χ3n) is 7.47. The monoisotopic (exact) mass is 605 g/mol. The maximum Gasteiger partial charge on any atom is 0.270 e. The van der Waals surface area contributed by atoms with Gasteiger partial charge in [-0.1, -0.05) is 43.0 Å². The van der Waals surface area contributed by atoms with Gasteiger partial charge in [-0.3, -0.25) is 19.1 Å². The Morgan fingerprint density at radius 3 is 2.17 bits per heavy atom. The summed E-state index contributed by atoms with van der Waals surface area (Å²) in [5.74, 6) is -0.267. The molecular weight excluding hydrogens is 577 g/mol. The number of thiocarbonyl (C=S) groups is 1. The molecule has 11 heteroatoms. The number of hydrogen-bond acceptors (Lipinski definition) is 7. The topological polar surface area (TPSA) is 72.6 Å². The van der Waals surface area contributed by atoms with Crippen molar-refractivity contribution in [3.05, 3.63) is 97.7 Å². The second kappa shape index (κ2) is 12.5. The van der Waals surface area contributed by atoms with Crippen LogP contribution in [0.1, 0.15) is 35.6 Å². The number of nitriles is 1. The van der Waals surface area contributed by atoms with Crippen molar-refractivity contribution in [3.8, 4) is 6.07 Å². The number of carbonyl (C=O) groups is 1. The van der Waals surface area contributed by atoms with Gasteiger partial charge in [0.05, 0.1) is 11.4 Å². The number of carbonyl (C=O) groups excluding carboxylic acids is 1. The molecule has 2 saturated heterocycles. The van der Waals surface area contributed by atoms with Crippen molar-refractivity contribution in [2.45, 2.75) is 33.4 Å². The number of anilines is 2. The molecule has 3 aromatic rings. The number of pyridine rings is 1. The summed E-state index contributed by atoms with van der Waals surface area (Å²) in [5.41, 5.74) is 2.50. The van der Waals surface area contributed by atoms with Crippen LogP contribution in [0.15, 0.2) is 58.2 Å². The van der Waals surface area contributed by atoms with Crippen molar-refractivity contribution in [2.75, 3.05) is 36.0 Å². The van der Waals surface area contributed by atoms with E-state index in [0.29, 0.717) is 65.3 Å². The minimum atomic E-state index is -0.360. The molecule has 7 nitrogen and oxygen atoms in total. The molecular formula is C31H29F2N5O2S2. The molecule has 1 aromatic heterocycles. The van der Waals surface area contributed by atoms with E-state index in [-0.39, 0.29) is 35.2 Å². The highest BCUT2D eigenvalue weighted by Crippen LogP contribution is 2.37. The van der Waals surface area contributed by atoms with E-state index in [0.717, 1.165) is 11.3 Å². The number of aromatic nitrogens is 1. The summed E-state index contributed by atoms with van der Waals surface area (Å²) in [5, 5.41) is 9.92. The Kier molecular flexibility index (Phi) is 8.75. The fourth-order valence-corrected chi connectivity index (χ4v) is 6.52. The van der Waals surface area contributed by atoms with Crippen molar-refractivity contribution < 1.29 is 13.6 Å². The van der Waals surface area contributed by atoms with E-state index in [2.05, 4.69) is 15.9 Å². The quantitative estimate of drug-likeness (QED) is 0.262. The third kappa shape index (κ3) is 5.82. The average molecular weight is 606 g/mol. The molecule has 2 aromatic carbocycles. The van der Waals surface area contributed by atoms with E-state index in [1.807, 2.05) is 6.92 Å². The molecule has 1 amide bonds. The smallest absolute Gasteiger partial charge is 0.270 e. The van der Waals surface area contributed by atoms with Crippen LogP contribution in [0.2, 0.25) is 0 Å². The van der Waals surface area contributed by atoms with Crippen LogP contribution < -0.4 is 15.4 Å². The Balaban J connectivity index is 1.52. The summed E-state index contributed by atoms with van der Waals surface area (Å²) >= 11 is 6.70. The van der Waals surface area contributed by atoms with E-state index >= 15 is 0 Å². The number of hydrogen-bond donors (Lipinski definition) is 0. The van der Waals surface area contributed by atoms with Crippen LogP contribution >= 0.6 is 24.0 Å². The Hall–Kier alpha value is -4.01. The van der Waals surface area contributed by atoms with Crippen LogP contribution in [0.25, 0.3) is 6.08 Å². The van der Waals surface area contributed by atoms with Crippen molar-refractivity contribution in [1.29, 1.82) is 5.26 Å². The molecule has 216 valence electrons. The first-order valence-corrected chi connectivity index (χ1v) is 14.9. The van der Waals surface area contributed by atoms with Crippen LogP contribution in [0.5, 0.6) is 0 Å². The van der Waals surface area contributed by atoms with Crippen LogP contribution in [-0.2, 0) is 17.9 Å². The predicted molar refractivity (Wildman–Crippen MR) is 166 cm³/mol.